The van der Waals surface area contributed by atoms with Crippen LogP contribution >= 0.6 is 0 Å². The van der Waals surface area contributed by atoms with Crippen molar-refractivity contribution in [3.63, 3.8) is 0 Å². The Balaban J connectivity index is 1.26. The van der Waals surface area contributed by atoms with Gasteiger partial charge in [0.15, 0.2) is 0 Å². The molecule has 2 aliphatic heterocycles. The summed E-state index contributed by atoms with van der Waals surface area (Å²) in [5, 5.41) is 3.12. The molecule has 3 heterocycles. The lowest BCUT2D eigenvalue weighted by atomic mass is 10.0. The minimum atomic E-state index is -0.157. The molecule has 0 atom stereocenters. The third-order valence-electron chi connectivity index (χ3n) is 5.62. The van der Waals surface area contributed by atoms with Crippen LogP contribution in [0.15, 0.2) is 42.6 Å². The third kappa shape index (κ3) is 5.10. The van der Waals surface area contributed by atoms with E-state index in [-0.39, 0.29) is 17.8 Å². The Morgan fingerprint density at radius 3 is 2.55 bits per heavy atom. The van der Waals surface area contributed by atoms with E-state index in [0.717, 1.165) is 50.4 Å². The molecule has 4 rings (SSSR count). The molecule has 1 aromatic carbocycles. The third-order valence-corrected chi connectivity index (χ3v) is 5.62. The van der Waals surface area contributed by atoms with Crippen molar-refractivity contribution >= 4 is 11.7 Å². The minimum Gasteiger partial charge on any atom is -0.378 e. The molecule has 0 radical (unpaired) electrons. The summed E-state index contributed by atoms with van der Waals surface area (Å²) < 4.78 is 19.2. The van der Waals surface area contributed by atoms with Gasteiger partial charge in [0.05, 0.1) is 18.8 Å². The van der Waals surface area contributed by atoms with Crippen molar-refractivity contribution in [2.24, 2.45) is 0 Å². The normalized spacial score (nSPS) is 18.6. The fraction of sp³-hybridized carbons (Fsp3) is 0.455. The predicted octanol–water partition coefficient (Wildman–Crippen LogP) is 2.45. The summed E-state index contributed by atoms with van der Waals surface area (Å²) in [6.45, 7) is 5.36. The van der Waals surface area contributed by atoms with Crippen molar-refractivity contribution in [3.05, 3.63) is 59.5 Å². The molecule has 29 heavy (non-hydrogen) atoms. The monoisotopic (exact) mass is 398 g/mol. The highest BCUT2D eigenvalue weighted by Gasteiger charge is 2.22. The lowest BCUT2D eigenvalue weighted by Gasteiger charge is -2.32. The number of ether oxygens (including phenoxy) is 1. The van der Waals surface area contributed by atoms with E-state index < -0.39 is 0 Å². The number of anilines is 1. The second-order valence-corrected chi connectivity index (χ2v) is 7.62. The first-order valence-electron chi connectivity index (χ1n) is 10.2. The lowest BCUT2D eigenvalue weighted by molar-refractivity contribution is 0.0908. The van der Waals surface area contributed by atoms with Gasteiger partial charge < -0.3 is 15.0 Å². The molecular weight excluding hydrogens is 371 g/mol. The van der Waals surface area contributed by atoms with Crippen LogP contribution in [0.3, 0.4) is 0 Å². The number of morpholine rings is 1. The van der Waals surface area contributed by atoms with E-state index in [0.29, 0.717) is 25.3 Å². The molecule has 0 saturated carbocycles. The maximum absolute atomic E-state index is 13.8. The van der Waals surface area contributed by atoms with Gasteiger partial charge in [-0.05, 0) is 31.0 Å². The second kappa shape index (κ2) is 9.33. The Morgan fingerprint density at radius 1 is 1.10 bits per heavy atom. The maximum atomic E-state index is 13.8. The van der Waals surface area contributed by atoms with Crippen LogP contribution in [0.1, 0.15) is 28.8 Å². The molecular formula is C22H27FN4O2. The first kappa shape index (κ1) is 19.8. The molecule has 7 heteroatoms. The minimum absolute atomic E-state index is 0.0846. The number of pyridine rings is 1. The van der Waals surface area contributed by atoms with E-state index in [9.17, 15) is 9.18 Å². The van der Waals surface area contributed by atoms with Crippen LogP contribution in [0.2, 0.25) is 0 Å². The fourth-order valence-corrected chi connectivity index (χ4v) is 3.87. The van der Waals surface area contributed by atoms with Crippen LogP contribution in [0.5, 0.6) is 0 Å². The zero-order valence-corrected chi connectivity index (χ0v) is 16.5. The molecule has 0 unspecified atom stereocenters. The number of carbonyl (C=O) groups is 1. The lowest BCUT2D eigenvalue weighted by Crippen LogP contribution is -2.44. The fourth-order valence-electron chi connectivity index (χ4n) is 3.87. The highest BCUT2D eigenvalue weighted by atomic mass is 19.1. The number of benzene rings is 1. The summed E-state index contributed by atoms with van der Waals surface area (Å²) in [5.41, 5.74) is 1.30. The summed E-state index contributed by atoms with van der Waals surface area (Å²) in [6, 6.07) is 10.8. The first-order chi connectivity index (χ1) is 14.2. The number of likely N-dealkylation sites (tertiary alicyclic amines) is 1. The summed E-state index contributed by atoms with van der Waals surface area (Å²) in [6.07, 6.45) is 3.37. The molecule has 1 amide bonds. The van der Waals surface area contributed by atoms with E-state index in [4.69, 9.17) is 4.74 Å². The molecule has 6 nitrogen and oxygen atoms in total. The SMILES string of the molecule is O=C(NC1CCN(Cc2ccccc2F)CC1)c1ccc(N2CCOCC2)nc1. The van der Waals surface area contributed by atoms with E-state index in [1.54, 1.807) is 12.3 Å². The number of piperidine rings is 1. The summed E-state index contributed by atoms with van der Waals surface area (Å²) in [4.78, 5) is 21.4. The molecule has 0 bridgehead atoms. The Bertz CT molecular complexity index is 816. The molecule has 1 N–H and O–H groups in total. The van der Waals surface area contributed by atoms with Crippen LogP contribution in [-0.4, -0.2) is 61.2 Å². The van der Waals surface area contributed by atoms with Crippen molar-refractivity contribution in [1.29, 1.82) is 0 Å². The average Bonchev–Trinajstić information content (AvgIpc) is 2.77. The van der Waals surface area contributed by atoms with Crippen LogP contribution < -0.4 is 10.2 Å². The quantitative estimate of drug-likeness (QED) is 0.839. The standard InChI is InChI=1S/C22H27FN4O2/c23-20-4-2-1-3-18(20)16-26-9-7-19(8-10-26)25-22(28)17-5-6-21(24-15-17)27-11-13-29-14-12-27/h1-6,15,19H,7-14,16H2,(H,25,28). The number of hydrogen-bond donors (Lipinski definition) is 1. The molecule has 154 valence electrons. The summed E-state index contributed by atoms with van der Waals surface area (Å²) in [5.74, 6) is 0.640. The number of halogens is 1. The highest BCUT2D eigenvalue weighted by Crippen LogP contribution is 2.17. The molecule has 2 aliphatic rings. The van der Waals surface area contributed by atoms with Gasteiger partial charge in [-0.25, -0.2) is 9.37 Å². The second-order valence-electron chi connectivity index (χ2n) is 7.62. The number of rotatable bonds is 5. The van der Waals surface area contributed by atoms with Crippen LogP contribution in [0, 0.1) is 5.82 Å². The number of nitrogens with one attached hydrogen (secondary N) is 1. The molecule has 0 spiro atoms. The Kier molecular flexibility index (Phi) is 6.36. The maximum Gasteiger partial charge on any atom is 0.253 e. The van der Waals surface area contributed by atoms with E-state index in [1.165, 1.54) is 6.07 Å². The first-order valence-corrected chi connectivity index (χ1v) is 10.2. The number of aromatic nitrogens is 1. The predicted molar refractivity (Wildman–Crippen MR) is 109 cm³/mol. The van der Waals surface area contributed by atoms with Crippen molar-refractivity contribution in [1.82, 2.24) is 15.2 Å². The Hall–Kier alpha value is -2.51. The van der Waals surface area contributed by atoms with Crippen molar-refractivity contribution < 1.29 is 13.9 Å². The largest absolute Gasteiger partial charge is 0.378 e. The summed E-state index contributed by atoms with van der Waals surface area (Å²) in [7, 11) is 0. The van der Waals surface area contributed by atoms with Gasteiger partial charge in [-0.3, -0.25) is 9.69 Å². The Labute approximate surface area is 170 Å². The summed E-state index contributed by atoms with van der Waals surface area (Å²) >= 11 is 0. The highest BCUT2D eigenvalue weighted by molar-refractivity contribution is 5.94. The van der Waals surface area contributed by atoms with E-state index in [1.807, 2.05) is 24.3 Å². The smallest absolute Gasteiger partial charge is 0.253 e. The van der Waals surface area contributed by atoms with Crippen LogP contribution in [0.25, 0.3) is 0 Å². The number of carbonyl (C=O) groups excluding carboxylic acids is 1. The number of nitrogens with zero attached hydrogens (tertiary/aromatic N) is 3. The van der Waals surface area contributed by atoms with Crippen LogP contribution in [-0.2, 0) is 11.3 Å². The van der Waals surface area contributed by atoms with Crippen molar-refractivity contribution in [2.45, 2.75) is 25.4 Å². The van der Waals surface area contributed by atoms with Gasteiger partial charge in [0.2, 0.25) is 0 Å². The molecule has 2 fully saturated rings. The van der Waals surface area contributed by atoms with Gasteiger partial charge in [0.1, 0.15) is 11.6 Å². The number of hydrogen-bond acceptors (Lipinski definition) is 5. The van der Waals surface area contributed by atoms with E-state index in [2.05, 4.69) is 20.1 Å². The molecule has 1 aromatic heterocycles. The van der Waals surface area contributed by atoms with Gasteiger partial charge in [0.25, 0.3) is 5.91 Å². The Morgan fingerprint density at radius 2 is 1.86 bits per heavy atom. The van der Waals surface area contributed by atoms with Crippen LogP contribution in [0.4, 0.5) is 10.2 Å². The van der Waals surface area contributed by atoms with Crippen molar-refractivity contribution in [3.8, 4) is 0 Å². The van der Waals surface area contributed by atoms with Gasteiger partial charge in [-0.15, -0.1) is 0 Å². The molecule has 2 saturated heterocycles. The number of amides is 1. The van der Waals surface area contributed by atoms with Gasteiger partial charge in [-0.2, -0.15) is 0 Å². The molecule has 0 aliphatic carbocycles. The zero-order chi connectivity index (χ0) is 20.1. The molecule has 2 aromatic rings. The zero-order valence-electron chi connectivity index (χ0n) is 16.5. The topological polar surface area (TPSA) is 57.7 Å². The van der Waals surface area contributed by atoms with Gasteiger partial charge >= 0.3 is 0 Å². The van der Waals surface area contributed by atoms with Gasteiger partial charge in [-0.1, -0.05) is 18.2 Å². The van der Waals surface area contributed by atoms with Gasteiger partial charge in [0, 0.05) is 50.5 Å². The van der Waals surface area contributed by atoms with E-state index >= 15 is 0 Å². The average molecular weight is 398 g/mol. The van der Waals surface area contributed by atoms with Crippen molar-refractivity contribution in [2.75, 3.05) is 44.3 Å².